The van der Waals surface area contributed by atoms with Gasteiger partial charge in [0.15, 0.2) is 11.5 Å². The molecule has 20 heavy (non-hydrogen) atoms. The molecule has 0 aromatic heterocycles. The molecule has 4 heteroatoms. The average Bonchev–Trinajstić information content (AvgIpc) is 2.49. The Bertz CT molecular complexity index is 615. The summed E-state index contributed by atoms with van der Waals surface area (Å²) < 4.78 is 24.7. The molecule has 104 valence electrons. The van der Waals surface area contributed by atoms with Gasteiger partial charge in [0.05, 0.1) is 0 Å². The van der Waals surface area contributed by atoms with Crippen LogP contribution in [0.5, 0.6) is 11.5 Å². The number of ether oxygens (including phenoxy) is 2. The number of rotatable bonds is 3. The summed E-state index contributed by atoms with van der Waals surface area (Å²) in [5, 5.41) is 0. The third kappa shape index (κ3) is 2.80. The van der Waals surface area contributed by atoms with E-state index in [4.69, 9.17) is 9.47 Å². The van der Waals surface area contributed by atoms with Gasteiger partial charge in [0.1, 0.15) is 19.0 Å². The quantitative estimate of drug-likeness (QED) is 0.779. The minimum absolute atomic E-state index is 0.0372. The predicted molar refractivity (Wildman–Crippen MR) is 79.2 cm³/mol. The van der Waals surface area contributed by atoms with Crippen molar-refractivity contribution in [2.45, 2.75) is 11.2 Å². The SMILES string of the molecule is Fc1ccccc1CC(Br)c1ccc2c(c1)OCCO2. The average molecular weight is 337 g/mol. The molecule has 2 aromatic carbocycles. The second-order valence-corrected chi connectivity index (χ2v) is 5.77. The van der Waals surface area contributed by atoms with E-state index in [0.717, 1.165) is 17.1 Å². The molecule has 0 spiro atoms. The summed E-state index contributed by atoms with van der Waals surface area (Å²) in [7, 11) is 0. The Morgan fingerprint density at radius 2 is 1.80 bits per heavy atom. The van der Waals surface area contributed by atoms with E-state index in [2.05, 4.69) is 15.9 Å². The molecule has 0 radical (unpaired) electrons. The van der Waals surface area contributed by atoms with E-state index in [-0.39, 0.29) is 10.6 Å². The summed E-state index contributed by atoms with van der Waals surface area (Å²) in [5.74, 6) is 1.35. The van der Waals surface area contributed by atoms with Gasteiger partial charge >= 0.3 is 0 Å². The van der Waals surface area contributed by atoms with Crippen LogP contribution in [-0.4, -0.2) is 13.2 Å². The fourth-order valence-corrected chi connectivity index (χ4v) is 2.86. The zero-order chi connectivity index (χ0) is 13.9. The molecular weight excluding hydrogens is 323 g/mol. The highest BCUT2D eigenvalue weighted by Crippen LogP contribution is 2.36. The standard InChI is InChI=1S/C16H14BrFO2/c17-13(9-12-3-1-2-4-14(12)18)11-5-6-15-16(10-11)20-8-7-19-15/h1-6,10,13H,7-9H2. The minimum Gasteiger partial charge on any atom is -0.486 e. The smallest absolute Gasteiger partial charge is 0.161 e. The van der Waals surface area contributed by atoms with Crippen molar-refractivity contribution in [2.24, 2.45) is 0 Å². The Labute approximate surface area is 125 Å². The van der Waals surface area contributed by atoms with Crippen molar-refractivity contribution in [1.29, 1.82) is 0 Å². The summed E-state index contributed by atoms with van der Waals surface area (Å²) >= 11 is 3.62. The molecule has 0 amide bonds. The van der Waals surface area contributed by atoms with Crippen LogP contribution in [-0.2, 0) is 6.42 Å². The van der Waals surface area contributed by atoms with Crippen molar-refractivity contribution in [3.63, 3.8) is 0 Å². The van der Waals surface area contributed by atoms with E-state index >= 15 is 0 Å². The molecule has 3 rings (SSSR count). The maximum Gasteiger partial charge on any atom is 0.161 e. The van der Waals surface area contributed by atoms with Gasteiger partial charge in [0, 0.05) is 4.83 Å². The fourth-order valence-electron chi connectivity index (χ4n) is 2.23. The summed E-state index contributed by atoms with van der Waals surface area (Å²) in [6, 6.07) is 12.7. The first-order chi connectivity index (χ1) is 9.74. The lowest BCUT2D eigenvalue weighted by Crippen LogP contribution is -2.15. The normalized spacial score (nSPS) is 14.9. The first-order valence-electron chi connectivity index (χ1n) is 6.51. The first-order valence-corrected chi connectivity index (χ1v) is 7.42. The summed E-state index contributed by atoms with van der Waals surface area (Å²) in [6.45, 7) is 1.15. The highest BCUT2D eigenvalue weighted by atomic mass is 79.9. The van der Waals surface area contributed by atoms with Crippen LogP contribution in [0.15, 0.2) is 42.5 Å². The van der Waals surface area contributed by atoms with E-state index in [1.807, 2.05) is 30.3 Å². The Morgan fingerprint density at radius 3 is 2.60 bits per heavy atom. The van der Waals surface area contributed by atoms with Crippen molar-refractivity contribution >= 4 is 15.9 Å². The van der Waals surface area contributed by atoms with Crippen molar-refractivity contribution in [3.8, 4) is 11.5 Å². The van der Waals surface area contributed by atoms with Crippen LogP contribution in [0.3, 0.4) is 0 Å². The third-order valence-electron chi connectivity index (χ3n) is 3.28. The van der Waals surface area contributed by atoms with E-state index in [9.17, 15) is 4.39 Å². The van der Waals surface area contributed by atoms with Gasteiger partial charge in [-0.2, -0.15) is 0 Å². The predicted octanol–water partition coefficient (Wildman–Crippen LogP) is 4.28. The van der Waals surface area contributed by atoms with E-state index in [1.54, 1.807) is 6.07 Å². The Hall–Kier alpha value is -1.55. The molecule has 0 aliphatic carbocycles. The Morgan fingerprint density at radius 1 is 1.05 bits per heavy atom. The summed E-state index contributed by atoms with van der Waals surface area (Å²) in [5.41, 5.74) is 1.75. The van der Waals surface area contributed by atoms with Crippen molar-refractivity contribution in [1.82, 2.24) is 0 Å². The van der Waals surface area contributed by atoms with E-state index < -0.39 is 0 Å². The van der Waals surface area contributed by atoms with Crippen molar-refractivity contribution in [3.05, 3.63) is 59.4 Å². The Balaban J connectivity index is 1.80. The molecule has 1 heterocycles. The molecular formula is C16H14BrFO2. The number of fused-ring (bicyclic) bond motifs is 1. The highest BCUT2D eigenvalue weighted by Gasteiger charge is 2.16. The lowest BCUT2D eigenvalue weighted by molar-refractivity contribution is 0.171. The molecule has 0 bridgehead atoms. The van der Waals surface area contributed by atoms with Gasteiger partial charge in [-0.15, -0.1) is 0 Å². The van der Waals surface area contributed by atoms with Crippen LogP contribution in [0.25, 0.3) is 0 Å². The Kier molecular flexibility index (Phi) is 3.92. The molecule has 1 unspecified atom stereocenters. The van der Waals surface area contributed by atoms with Gasteiger partial charge in [-0.05, 0) is 35.7 Å². The van der Waals surface area contributed by atoms with Crippen LogP contribution in [0.1, 0.15) is 16.0 Å². The lowest BCUT2D eigenvalue weighted by Gasteiger charge is -2.20. The molecule has 2 nitrogen and oxygen atoms in total. The molecule has 1 aliphatic rings. The summed E-state index contributed by atoms with van der Waals surface area (Å²) in [6.07, 6.45) is 0.590. The molecule has 0 fully saturated rings. The maximum absolute atomic E-state index is 13.7. The fraction of sp³-hybridized carbons (Fsp3) is 0.250. The van der Waals surface area contributed by atoms with Gasteiger partial charge in [0.25, 0.3) is 0 Å². The second-order valence-electron chi connectivity index (χ2n) is 4.67. The number of benzene rings is 2. The van der Waals surface area contributed by atoms with E-state index in [0.29, 0.717) is 25.2 Å². The van der Waals surface area contributed by atoms with Gasteiger partial charge < -0.3 is 9.47 Å². The zero-order valence-corrected chi connectivity index (χ0v) is 12.4. The molecule has 0 saturated heterocycles. The number of alkyl halides is 1. The zero-order valence-electron chi connectivity index (χ0n) is 10.8. The van der Waals surface area contributed by atoms with E-state index in [1.165, 1.54) is 6.07 Å². The third-order valence-corrected chi connectivity index (χ3v) is 4.14. The molecule has 0 N–H and O–H groups in total. The molecule has 1 atom stereocenters. The van der Waals surface area contributed by atoms with Crippen LogP contribution < -0.4 is 9.47 Å². The van der Waals surface area contributed by atoms with Crippen molar-refractivity contribution in [2.75, 3.05) is 13.2 Å². The van der Waals surface area contributed by atoms with Crippen LogP contribution >= 0.6 is 15.9 Å². The largest absolute Gasteiger partial charge is 0.486 e. The van der Waals surface area contributed by atoms with Crippen LogP contribution in [0.2, 0.25) is 0 Å². The van der Waals surface area contributed by atoms with Crippen molar-refractivity contribution < 1.29 is 13.9 Å². The summed E-state index contributed by atoms with van der Waals surface area (Å²) in [4.78, 5) is 0.0372. The minimum atomic E-state index is -0.172. The van der Waals surface area contributed by atoms with Gasteiger partial charge in [-0.25, -0.2) is 4.39 Å². The topological polar surface area (TPSA) is 18.5 Å². The molecule has 0 saturated carbocycles. The van der Waals surface area contributed by atoms with Gasteiger partial charge in [-0.3, -0.25) is 0 Å². The number of hydrogen-bond donors (Lipinski definition) is 0. The van der Waals surface area contributed by atoms with Crippen LogP contribution in [0, 0.1) is 5.82 Å². The van der Waals surface area contributed by atoms with Crippen LogP contribution in [0.4, 0.5) is 4.39 Å². The second kappa shape index (κ2) is 5.83. The number of halogens is 2. The lowest BCUT2D eigenvalue weighted by atomic mass is 10.0. The molecule has 2 aromatic rings. The first kappa shape index (κ1) is 13.4. The maximum atomic E-state index is 13.7. The molecule has 1 aliphatic heterocycles. The highest BCUT2D eigenvalue weighted by molar-refractivity contribution is 9.09. The van der Waals surface area contributed by atoms with Gasteiger partial charge in [-0.1, -0.05) is 40.2 Å². The van der Waals surface area contributed by atoms with Gasteiger partial charge in [0.2, 0.25) is 0 Å². The number of hydrogen-bond acceptors (Lipinski definition) is 2. The monoisotopic (exact) mass is 336 g/mol.